The summed E-state index contributed by atoms with van der Waals surface area (Å²) in [6.45, 7) is 2.15. The number of halogens is 1. The van der Waals surface area contributed by atoms with E-state index in [-0.39, 0.29) is 17.3 Å². The molecule has 0 radical (unpaired) electrons. The Morgan fingerprint density at radius 1 is 0.914 bits per heavy atom. The number of amides is 1. The standard InChI is InChI=1S/C26H21FN6O2/c27-18-6-8-19(9-7-18)33-16-28-22-15-17(5-10-23(22)33)25(35)31-11-13-32(14-12-31)26-29-21-4-2-1-3-20(21)24(34)30-26/h1-10,15-16H,11-14H2,(H,29,30,34). The highest BCUT2D eigenvalue weighted by molar-refractivity contribution is 5.97. The molecule has 1 saturated heterocycles. The van der Waals surface area contributed by atoms with Gasteiger partial charge in [0.1, 0.15) is 12.1 Å². The summed E-state index contributed by atoms with van der Waals surface area (Å²) in [4.78, 5) is 41.3. The zero-order valence-electron chi connectivity index (χ0n) is 18.7. The molecule has 174 valence electrons. The lowest BCUT2D eigenvalue weighted by atomic mass is 10.1. The van der Waals surface area contributed by atoms with E-state index in [9.17, 15) is 14.0 Å². The second-order valence-corrected chi connectivity index (χ2v) is 8.48. The number of piperazine rings is 1. The zero-order chi connectivity index (χ0) is 23.9. The van der Waals surface area contributed by atoms with Gasteiger partial charge in [-0.3, -0.25) is 19.1 Å². The SMILES string of the molecule is O=C(c1ccc2c(c1)ncn2-c1ccc(F)cc1)N1CCN(c2nc3ccccc3c(=O)[nH]2)CC1. The molecule has 1 fully saturated rings. The molecular weight excluding hydrogens is 447 g/mol. The topological polar surface area (TPSA) is 87.1 Å². The first-order valence-electron chi connectivity index (χ1n) is 11.3. The van der Waals surface area contributed by atoms with Crippen molar-refractivity contribution in [2.24, 2.45) is 0 Å². The third-order valence-corrected chi connectivity index (χ3v) is 6.37. The number of benzene rings is 3. The van der Waals surface area contributed by atoms with Crippen LogP contribution in [0.15, 0.2) is 77.9 Å². The van der Waals surface area contributed by atoms with E-state index in [0.717, 1.165) is 11.2 Å². The smallest absolute Gasteiger partial charge is 0.260 e. The molecule has 3 heterocycles. The Bertz CT molecular complexity index is 1620. The lowest BCUT2D eigenvalue weighted by Gasteiger charge is -2.35. The summed E-state index contributed by atoms with van der Waals surface area (Å²) in [5, 5.41) is 0.558. The number of carbonyl (C=O) groups excluding carboxylic acids is 1. The van der Waals surface area contributed by atoms with Crippen LogP contribution < -0.4 is 10.5 Å². The summed E-state index contributed by atoms with van der Waals surface area (Å²) < 4.78 is 15.1. The van der Waals surface area contributed by atoms with Gasteiger partial charge >= 0.3 is 0 Å². The highest BCUT2D eigenvalue weighted by Gasteiger charge is 2.24. The van der Waals surface area contributed by atoms with Gasteiger partial charge in [-0.2, -0.15) is 0 Å². The van der Waals surface area contributed by atoms with Crippen LogP contribution in [0.2, 0.25) is 0 Å². The molecule has 2 aromatic heterocycles. The van der Waals surface area contributed by atoms with E-state index in [1.54, 1.807) is 41.6 Å². The Kier molecular flexibility index (Phi) is 5.02. The minimum atomic E-state index is -0.297. The van der Waals surface area contributed by atoms with E-state index < -0.39 is 0 Å². The first kappa shape index (κ1) is 21.0. The maximum absolute atomic E-state index is 13.3. The number of hydrogen-bond acceptors (Lipinski definition) is 5. The van der Waals surface area contributed by atoms with Gasteiger partial charge in [-0.15, -0.1) is 0 Å². The average molecular weight is 468 g/mol. The van der Waals surface area contributed by atoms with Crippen molar-refractivity contribution >= 4 is 33.8 Å². The first-order chi connectivity index (χ1) is 17.1. The summed E-state index contributed by atoms with van der Waals surface area (Å²) in [5.41, 5.74) is 3.37. The van der Waals surface area contributed by atoms with Crippen LogP contribution in [0.4, 0.5) is 10.3 Å². The van der Waals surface area contributed by atoms with Crippen molar-refractivity contribution in [3.63, 3.8) is 0 Å². The maximum atomic E-state index is 13.3. The Morgan fingerprint density at radius 3 is 2.49 bits per heavy atom. The molecule has 0 aliphatic carbocycles. The number of anilines is 1. The molecule has 8 nitrogen and oxygen atoms in total. The number of para-hydroxylation sites is 1. The Labute approximate surface area is 199 Å². The second kappa shape index (κ2) is 8.35. The quantitative estimate of drug-likeness (QED) is 0.439. The fourth-order valence-corrected chi connectivity index (χ4v) is 4.48. The molecular formula is C26H21FN6O2. The van der Waals surface area contributed by atoms with Gasteiger partial charge in [0.05, 0.1) is 21.9 Å². The molecule has 0 unspecified atom stereocenters. The molecule has 9 heteroatoms. The van der Waals surface area contributed by atoms with Crippen molar-refractivity contribution in [3.05, 3.63) is 94.8 Å². The van der Waals surface area contributed by atoms with E-state index in [1.165, 1.54) is 12.1 Å². The predicted molar refractivity (Wildman–Crippen MR) is 132 cm³/mol. The van der Waals surface area contributed by atoms with Crippen molar-refractivity contribution in [1.82, 2.24) is 24.4 Å². The Balaban J connectivity index is 1.18. The van der Waals surface area contributed by atoms with Crippen LogP contribution in [0.25, 0.3) is 27.6 Å². The second-order valence-electron chi connectivity index (χ2n) is 8.48. The number of nitrogens with one attached hydrogen (secondary N) is 1. The average Bonchev–Trinajstić information content (AvgIpc) is 3.32. The molecule has 3 aromatic carbocycles. The molecule has 5 aromatic rings. The summed E-state index contributed by atoms with van der Waals surface area (Å²) in [7, 11) is 0. The van der Waals surface area contributed by atoms with Crippen LogP contribution in [0, 0.1) is 5.82 Å². The van der Waals surface area contributed by atoms with Crippen molar-refractivity contribution < 1.29 is 9.18 Å². The van der Waals surface area contributed by atoms with Gasteiger partial charge in [-0.05, 0) is 54.6 Å². The van der Waals surface area contributed by atoms with Gasteiger partial charge < -0.3 is 9.80 Å². The molecule has 1 N–H and O–H groups in total. The van der Waals surface area contributed by atoms with E-state index >= 15 is 0 Å². The molecule has 35 heavy (non-hydrogen) atoms. The first-order valence-corrected chi connectivity index (χ1v) is 11.3. The fraction of sp³-hybridized carbons (Fsp3) is 0.154. The molecule has 6 rings (SSSR count). The number of carbonyl (C=O) groups is 1. The molecule has 1 aliphatic rings. The van der Waals surface area contributed by atoms with Gasteiger partial charge in [-0.25, -0.2) is 14.4 Å². The van der Waals surface area contributed by atoms with Crippen LogP contribution in [0.3, 0.4) is 0 Å². The molecule has 0 bridgehead atoms. The zero-order valence-corrected chi connectivity index (χ0v) is 18.7. The monoisotopic (exact) mass is 468 g/mol. The van der Waals surface area contributed by atoms with E-state index in [1.807, 2.05) is 33.7 Å². The molecule has 1 amide bonds. The van der Waals surface area contributed by atoms with Crippen LogP contribution in [0.1, 0.15) is 10.4 Å². The minimum Gasteiger partial charge on any atom is -0.339 e. The van der Waals surface area contributed by atoms with Crippen LogP contribution in [-0.2, 0) is 0 Å². The van der Waals surface area contributed by atoms with Crippen LogP contribution >= 0.6 is 0 Å². The lowest BCUT2D eigenvalue weighted by Crippen LogP contribution is -2.49. The summed E-state index contributed by atoms with van der Waals surface area (Å²) >= 11 is 0. The number of H-pyrrole nitrogens is 1. The van der Waals surface area contributed by atoms with E-state index in [0.29, 0.717) is 54.1 Å². The molecule has 0 saturated carbocycles. The number of fused-ring (bicyclic) bond motifs is 2. The number of imidazole rings is 1. The van der Waals surface area contributed by atoms with Gasteiger partial charge in [0.2, 0.25) is 5.95 Å². The predicted octanol–water partition coefficient (Wildman–Crippen LogP) is 3.36. The fourth-order valence-electron chi connectivity index (χ4n) is 4.48. The van der Waals surface area contributed by atoms with Gasteiger partial charge in [-0.1, -0.05) is 12.1 Å². The Hall–Kier alpha value is -4.53. The molecule has 0 atom stereocenters. The van der Waals surface area contributed by atoms with Crippen molar-refractivity contribution in [1.29, 1.82) is 0 Å². The van der Waals surface area contributed by atoms with E-state index in [4.69, 9.17) is 0 Å². The van der Waals surface area contributed by atoms with Gasteiger partial charge in [0, 0.05) is 37.4 Å². The minimum absolute atomic E-state index is 0.0668. The lowest BCUT2D eigenvalue weighted by molar-refractivity contribution is 0.0746. The van der Waals surface area contributed by atoms with Gasteiger partial charge in [0.15, 0.2) is 0 Å². The number of hydrogen-bond donors (Lipinski definition) is 1. The van der Waals surface area contributed by atoms with Crippen molar-refractivity contribution in [3.8, 4) is 5.69 Å². The van der Waals surface area contributed by atoms with Crippen molar-refractivity contribution in [2.45, 2.75) is 0 Å². The van der Waals surface area contributed by atoms with E-state index in [2.05, 4.69) is 15.0 Å². The maximum Gasteiger partial charge on any atom is 0.260 e. The largest absolute Gasteiger partial charge is 0.339 e. The summed E-state index contributed by atoms with van der Waals surface area (Å²) in [6, 6.07) is 18.9. The summed E-state index contributed by atoms with van der Waals surface area (Å²) in [6.07, 6.45) is 1.67. The van der Waals surface area contributed by atoms with Crippen LogP contribution in [-0.4, -0.2) is 56.5 Å². The summed E-state index contributed by atoms with van der Waals surface area (Å²) in [5.74, 6) is 0.158. The van der Waals surface area contributed by atoms with Crippen molar-refractivity contribution in [2.75, 3.05) is 31.1 Å². The van der Waals surface area contributed by atoms with Crippen LogP contribution in [0.5, 0.6) is 0 Å². The third kappa shape index (κ3) is 3.80. The number of nitrogens with zero attached hydrogens (tertiary/aromatic N) is 5. The highest BCUT2D eigenvalue weighted by Crippen LogP contribution is 2.21. The number of aromatic amines is 1. The Morgan fingerprint density at radius 2 is 1.69 bits per heavy atom. The van der Waals surface area contributed by atoms with Gasteiger partial charge in [0.25, 0.3) is 11.5 Å². The number of rotatable bonds is 3. The molecule has 1 aliphatic heterocycles. The normalized spacial score (nSPS) is 14.1. The number of aromatic nitrogens is 4. The highest BCUT2D eigenvalue weighted by atomic mass is 19.1. The molecule has 0 spiro atoms. The third-order valence-electron chi connectivity index (χ3n) is 6.37.